The van der Waals surface area contributed by atoms with E-state index in [-0.39, 0.29) is 18.0 Å². The molecular weight excluding hydrogens is 304 g/mol. The highest BCUT2D eigenvalue weighted by Crippen LogP contribution is 2.47. The highest BCUT2D eigenvalue weighted by Gasteiger charge is 2.44. The zero-order chi connectivity index (χ0) is 16.3. The number of amides is 2. The minimum Gasteiger partial charge on any atom is -0.481 e. The van der Waals surface area contributed by atoms with E-state index < -0.39 is 11.9 Å². The summed E-state index contributed by atoms with van der Waals surface area (Å²) in [5.41, 5.74) is 1.18. The van der Waals surface area contributed by atoms with E-state index in [2.05, 4.69) is 5.32 Å². The number of nitrogens with one attached hydrogen (secondary N) is 1. The lowest BCUT2D eigenvalue weighted by Crippen LogP contribution is -2.43. The summed E-state index contributed by atoms with van der Waals surface area (Å²) in [4.78, 5) is 24.3. The lowest BCUT2D eigenvalue weighted by molar-refractivity contribution is -0.141. The first-order valence-corrected chi connectivity index (χ1v) is 7.70. The monoisotopic (exact) mass is 324 g/mol. The highest BCUT2D eigenvalue weighted by molar-refractivity contribution is 6.30. The van der Waals surface area contributed by atoms with Crippen molar-refractivity contribution in [2.75, 3.05) is 20.1 Å². The molecule has 0 aliphatic heterocycles. The predicted octanol–water partition coefficient (Wildman–Crippen LogP) is 2.73. The molecular formula is C16H21ClN2O3. The first-order valence-electron chi connectivity index (χ1n) is 7.32. The zero-order valence-electron chi connectivity index (χ0n) is 12.8. The van der Waals surface area contributed by atoms with Gasteiger partial charge < -0.3 is 15.3 Å². The number of rotatable bonds is 6. The minimum atomic E-state index is -0.903. The van der Waals surface area contributed by atoms with Crippen LogP contribution in [0.3, 0.4) is 0 Å². The third kappa shape index (κ3) is 3.91. The van der Waals surface area contributed by atoms with Crippen molar-refractivity contribution >= 4 is 23.6 Å². The van der Waals surface area contributed by atoms with Crippen LogP contribution in [-0.4, -0.2) is 42.1 Å². The van der Waals surface area contributed by atoms with Crippen molar-refractivity contribution in [1.29, 1.82) is 0 Å². The minimum absolute atomic E-state index is 0.000493. The molecule has 0 heterocycles. The molecule has 1 fully saturated rings. The molecule has 120 valence electrons. The Morgan fingerprint density at radius 1 is 1.36 bits per heavy atom. The van der Waals surface area contributed by atoms with Crippen molar-refractivity contribution in [3.63, 3.8) is 0 Å². The maximum absolute atomic E-state index is 12.1. The molecule has 1 saturated carbocycles. The van der Waals surface area contributed by atoms with Crippen molar-refractivity contribution in [3.05, 3.63) is 34.9 Å². The van der Waals surface area contributed by atoms with Crippen LogP contribution in [0.2, 0.25) is 5.02 Å². The quantitative estimate of drug-likeness (QED) is 0.845. The number of carboxylic acid groups (broad SMARTS) is 1. The molecule has 2 N–H and O–H groups in total. The van der Waals surface area contributed by atoms with Crippen LogP contribution in [0, 0.1) is 5.92 Å². The normalized spacial score (nSPS) is 16.7. The number of nitrogens with zero attached hydrogens (tertiary/aromatic N) is 1. The number of hydrogen-bond acceptors (Lipinski definition) is 2. The Balaban J connectivity index is 1.88. The fraction of sp³-hybridized carbons (Fsp3) is 0.500. The number of hydrogen-bond donors (Lipinski definition) is 2. The van der Waals surface area contributed by atoms with Gasteiger partial charge in [-0.3, -0.25) is 4.79 Å². The molecule has 0 saturated heterocycles. The summed E-state index contributed by atoms with van der Waals surface area (Å²) in [7, 11) is 1.61. The topological polar surface area (TPSA) is 69.6 Å². The van der Waals surface area contributed by atoms with Crippen LogP contribution in [0.25, 0.3) is 0 Å². The Hall–Kier alpha value is -1.75. The van der Waals surface area contributed by atoms with E-state index in [9.17, 15) is 9.59 Å². The molecule has 1 aliphatic carbocycles. The van der Waals surface area contributed by atoms with Crippen LogP contribution in [0.1, 0.15) is 25.3 Å². The van der Waals surface area contributed by atoms with Gasteiger partial charge >= 0.3 is 12.0 Å². The van der Waals surface area contributed by atoms with E-state index in [0.29, 0.717) is 11.6 Å². The first-order chi connectivity index (χ1) is 10.3. The number of halogens is 1. The SMILES string of the molecule is CC(CN(C)C(=O)NCC1(c2ccc(Cl)cc2)CC1)C(=O)O. The maximum atomic E-state index is 12.1. The Morgan fingerprint density at radius 3 is 2.45 bits per heavy atom. The summed E-state index contributed by atoms with van der Waals surface area (Å²) in [5, 5.41) is 12.5. The lowest BCUT2D eigenvalue weighted by Gasteiger charge is -2.22. The van der Waals surface area contributed by atoms with Gasteiger partial charge in [0.25, 0.3) is 0 Å². The smallest absolute Gasteiger partial charge is 0.317 e. The van der Waals surface area contributed by atoms with Crippen LogP contribution in [0.4, 0.5) is 4.79 Å². The summed E-state index contributed by atoms with van der Waals surface area (Å²) < 4.78 is 0. The van der Waals surface area contributed by atoms with Gasteiger partial charge in [0.2, 0.25) is 0 Å². The summed E-state index contributed by atoms with van der Waals surface area (Å²) in [6.45, 7) is 2.33. The number of benzene rings is 1. The summed E-state index contributed by atoms with van der Waals surface area (Å²) in [5.74, 6) is -1.48. The van der Waals surface area contributed by atoms with Gasteiger partial charge in [-0.15, -0.1) is 0 Å². The van der Waals surface area contributed by atoms with Gasteiger partial charge in [0.15, 0.2) is 0 Å². The van der Waals surface area contributed by atoms with E-state index in [1.54, 1.807) is 14.0 Å². The van der Waals surface area contributed by atoms with Crippen LogP contribution in [0.15, 0.2) is 24.3 Å². The van der Waals surface area contributed by atoms with E-state index in [1.807, 2.05) is 24.3 Å². The fourth-order valence-corrected chi connectivity index (χ4v) is 2.60. The molecule has 0 aromatic heterocycles. The maximum Gasteiger partial charge on any atom is 0.317 e. The summed E-state index contributed by atoms with van der Waals surface area (Å²) in [6.07, 6.45) is 2.06. The first kappa shape index (κ1) is 16.6. The summed E-state index contributed by atoms with van der Waals surface area (Å²) >= 11 is 5.90. The fourth-order valence-electron chi connectivity index (χ4n) is 2.47. The number of aliphatic carboxylic acids is 1. The van der Waals surface area contributed by atoms with Crippen molar-refractivity contribution in [2.45, 2.75) is 25.2 Å². The van der Waals surface area contributed by atoms with E-state index in [4.69, 9.17) is 16.7 Å². The van der Waals surface area contributed by atoms with Crippen molar-refractivity contribution < 1.29 is 14.7 Å². The van der Waals surface area contributed by atoms with E-state index in [0.717, 1.165) is 12.8 Å². The third-order valence-electron chi connectivity index (χ3n) is 4.20. The molecule has 0 spiro atoms. The molecule has 0 bridgehead atoms. The Bertz CT molecular complexity index is 555. The van der Waals surface area contributed by atoms with Crippen LogP contribution in [0.5, 0.6) is 0 Å². The van der Waals surface area contributed by atoms with Gasteiger partial charge in [-0.2, -0.15) is 0 Å². The second-order valence-electron chi connectivity index (χ2n) is 6.07. The highest BCUT2D eigenvalue weighted by atomic mass is 35.5. The third-order valence-corrected chi connectivity index (χ3v) is 4.46. The van der Waals surface area contributed by atoms with Gasteiger partial charge in [-0.1, -0.05) is 30.7 Å². The van der Waals surface area contributed by atoms with E-state index in [1.165, 1.54) is 10.5 Å². The molecule has 22 heavy (non-hydrogen) atoms. The van der Waals surface area contributed by atoms with Gasteiger partial charge in [-0.05, 0) is 30.5 Å². The lowest BCUT2D eigenvalue weighted by atomic mass is 9.96. The second kappa shape index (κ2) is 6.57. The Kier molecular flexibility index (Phi) is 4.96. The average Bonchev–Trinajstić information content (AvgIpc) is 3.26. The molecule has 0 radical (unpaired) electrons. The Morgan fingerprint density at radius 2 is 1.95 bits per heavy atom. The second-order valence-corrected chi connectivity index (χ2v) is 6.50. The number of carboxylic acids is 1. The van der Waals surface area contributed by atoms with Crippen LogP contribution < -0.4 is 5.32 Å². The van der Waals surface area contributed by atoms with Gasteiger partial charge in [0.1, 0.15) is 0 Å². The molecule has 5 nitrogen and oxygen atoms in total. The largest absolute Gasteiger partial charge is 0.481 e. The van der Waals surface area contributed by atoms with E-state index >= 15 is 0 Å². The van der Waals surface area contributed by atoms with Crippen LogP contribution in [-0.2, 0) is 10.2 Å². The zero-order valence-corrected chi connectivity index (χ0v) is 13.6. The molecule has 1 atom stereocenters. The molecule has 2 rings (SSSR count). The van der Waals surface area contributed by atoms with Crippen molar-refractivity contribution in [3.8, 4) is 0 Å². The standard InChI is InChI=1S/C16H21ClN2O3/c1-11(14(20)21)9-19(2)15(22)18-10-16(7-8-16)12-3-5-13(17)6-4-12/h3-6,11H,7-10H2,1-2H3,(H,18,22)(H,20,21). The van der Waals surface area contributed by atoms with Gasteiger partial charge in [-0.25, -0.2) is 4.79 Å². The van der Waals surface area contributed by atoms with Crippen molar-refractivity contribution in [1.82, 2.24) is 10.2 Å². The molecule has 1 aromatic rings. The van der Waals surface area contributed by atoms with Crippen LogP contribution >= 0.6 is 11.6 Å². The van der Waals surface area contributed by atoms with Gasteiger partial charge in [0.05, 0.1) is 5.92 Å². The number of carbonyl (C=O) groups is 2. The number of carbonyl (C=O) groups excluding carboxylic acids is 1. The van der Waals surface area contributed by atoms with Crippen molar-refractivity contribution in [2.24, 2.45) is 5.92 Å². The summed E-state index contributed by atoms with van der Waals surface area (Å²) in [6, 6.07) is 7.47. The molecule has 1 aromatic carbocycles. The molecule has 1 aliphatic rings. The predicted molar refractivity (Wildman–Crippen MR) is 85.2 cm³/mol. The molecule has 6 heteroatoms. The number of urea groups is 1. The Labute approximate surface area is 135 Å². The van der Waals surface area contributed by atoms with Gasteiger partial charge in [0, 0.05) is 30.6 Å². The molecule has 1 unspecified atom stereocenters. The molecule has 2 amide bonds. The average molecular weight is 325 g/mol.